The zero-order chi connectivity index (χ0) is 14.5. The number of aromatic nitrogens is 4. The van der Waals surface area contributed by atoms with Gasteiger partial charge in [-0.1, -0.05) is 0 Å². The summed E-state index contributed by atoms with van der Waals surface area (Å²) >= 11 is 0. The van der Waals surface area contributed by atoms with Gasteiger partial charge in [0.1, 0.15) is 17.6 Å². The molecule has 2 N–H and O–H groups in total. The van der Waals surface area contributed by atoms with Crippen molar-refractivity contribution in [3.63, 3.8) is 0 Å². The maximum absolute atomic E-state index is 5.39. The van der Waals surface area contributed by atoms with E-state index in [9.17, 15) is 0 Å². The van der Waals surface area contributed by atoms with Crippen LogP contribution in [0.3, 0.4) is 0 Å². The molecule has 7 nitrogen and oxygen atoms in total. The summed E-state index contributed by atoms with van der Waals surface area (Å²) in [4.78, 5) is 15.2. The number of ether oxygens (including phenoxy) is 1. The Bertz CT molecular complexity index is 750. The number of benzene rings is 1. The molecule has 0 saturated heterocycles. The van der Waals surface area contributed by atoms with E-state index in [0.29, 0.717) is 18.1 Å². The molecule has 7 heteroatoms. The van der Waals surface area contributed by atoms with Crippen LogP contribution >= 0.6 is 0 Å². The number of hydrogen-bond donors (Lipinski definition) is 2. The molecule has 0 aliphatic rings. The van der Waals surface area contributed by atoms with E-state index in [4.69, 9.17) is 4.74 Å². The summed E-state index contributed by atoms with van der Waals surface area (Å²) < 4.78 is 5.39. The third-order valence-electron chi connectivity index (χ3n) is 2.80. The van der Waals surface area contributed by atoms with Gasteiger partial charge in [-0.25, -0.2) is 15.0 Å². The maximum atomic E-state index is 5.39. The van der Waals surface area contributed by atoms with Crippen LogP contribution in [0.4, 0.5) is 5.82 Å². The molecule has 0 atom stereocenters. The Balaban J connectivity index is 1.70. The summed E-state index contributed by atoms with van der Waals surface area (Å²) in [5.41, 5.74) is 5.16. The Labute approximate surface area is 121 Å². The average Bonchev–Trinajstić information content (AvgIpc) is 2.99. The van der Waals surface area contributed by atoms with Gasteiger partial charge in [-0.15, -0.1) is 0 Å². The molecule has 0 amide bonds. The second-order valence-corrected chi connectivity index (χ2v) is 4.20. The smallest absolute Gasteiger partial charge is 0.182 e. The highest BCUT2D eigenvalue weighted by Crippen LogP contribution is 2.14. The van der Waals surface area contributed by atoms with Crippen LogP contribution in [0.2, 0.25) is 0 Å². The first-order valence-electron chi connectivity index (χ1n) is 6.53. The number of nitrogens with one attached hydrogen (secondary N) is 2. The predicted octanol–water partition coefficient (Wildman–Crippen LogP) is 2.20. The molecular weight excluding hydrogens is 268 g/mol. The third-order valence-corrected chi connectivity index (χ3v) is 2.80. The number of anilines is 1. The number of aromatic amines is 1. The summed E-state index contributed by atoms with van der Waals surface area (Å²) in [5.74, 6) is 1.43. The van der Waals surface area contributed by atoms with Crippen LogP contribution in [0.15, 0.2) is 42.0 Å². The van der Waals surface area contributed by atoms with Crippen LogP contribution in [-0.4, -0.2) is 32.8 Å². The van der Waals surface area contributed by atoms with Crippen molar-refractivity contribution in [1.29, 1.82) is 0 Å². The normalized spacial score (nSPS) is 11.1. The molecular formula is C14H14N6O. The van der Waals surface area contributed by atoms with Crippen LogP contribution < -0.4 is 10.2 Å². The van der Waals surface area contributed by atoms with Crippen LogP contribution in [0, 0.1) is 0 Å². The number of imidazole rings is 1. The first kappa shape index (κ1) is 13.0. The molecule has 0 spiro atoms. The molecule has 21 heavy (non-hydrogen) atoms. The predicted molar refractivity (Wildman–Crippen MR) is 80.5 cm³/mol. The van der Waals surface area contributed by atoms with Crippen molar-refractivity contribution in [1.82, 2.24) is 19.9 Å². The van der Waals surface area contributed by atoms with Crippen LogP contribution in [-0.2, 0) is 0 Å². The van der Waals surface area contributed by atoms with E-state index in [0.717, 1.165) is 16.8 Å². The highest BCUT2D eigenvalue weighted by Gasteiger charge is 2.03. The van der Waals surface area contributed by atoms with Crippen molar-refractivity contribution in [2.75, 3.05) is 12.0 Å². The van der Waals surface area contributed by atoms with E-state index in [1.807, 2.05) is 31.2 Å². The molecule has 0 aliphatic heterocycles. The van der Waals surface area contributed by atoms with Crippen molar-refractivity contribution in [2.24, 2.45) is 5.10 Å². The van der Waals surface area contributed by atoms with E-state index in [-0.39, 0.29) is 0 Å². The van der Waals surface area contributed by atoms with E-state index < -0.39 is 0 Å². The summed E-state index contributed by atoms with van der Waals surface area (Å²) in [5, 5.41) is 4.16. The van der Waals surface area contributed by atoms with Crippen LogP contribution in [0.5, 0.6) is 5.75 Å². The van der Waals surface area contributed by atoms with Crippen molar-refractivity contribution < 1.29 is 4.74 Å². The lowest BCUT2D eigenvalue weighted by atomic mass is 10.2. The topological polar surface area (TPSA) is 88.1 Å². The van der Waals surface area contributed by atoms with E-state index in [2.05, 4.69) is 30.5 Å². The summed E-state index contributed by atoms with van der Waals surface area (Å²) in [6.07, 6.45) is 4.72. The number of rotatable bonds is 5. The third kappa shape index (κ3) is 2.97. The fraction of sp³-hybridized carbons (Fsp3) is 0.143. The van der Waals surface area contributed by atoms with Gasteiger partial charge in [0.25, 0.3) is 0 Å². The average molecular weight is 282 g/mol. The minimum atomic E-state index is 0.583. The summed E-state index contributed by atoms with van der Waals surface area (Å²) in [6, 6.07) is 7.68. The molecule has 2 heterocycles. The molecule has 0 aliphatic carbocycles. The zero-order valence-electron chi connectivity index (χ0n) is 11.4. The van der Waals surface area contributed by atoms with Crippen molar-refractivity contribution in [2.45, 2.75) is 6.92 Å². The highest BCUT2D eigenvalue weighted by molar-refractivity contribution is 5.84. The molecule has 3 rings (SSSR count). The Kier molecular flexibility index (Phi) is 3.72. The standard InChI is InChI=1S/C14H14N6O/c1-2-21-11-5-3-10(4-6-11)7-19-20-14-12-13(16-8-15-12)17-9-18-14/h3-9H,2H2,1H3,(H2,15,16,17,18,20)/b19-7+. The maximum Gasteiger partial charge on any atom is 0.182 e. The quantitative estimate of drug-likeness (QED) is 0.553. The van der Waals surface area contributed by atoms with E-state index >= 15 is 0 Å². The monoisotopic (exact) mass is 282 g/mol. The lowest BCUT2D eigenvalue weighted by molar-refractivity contribution is 0.340. The zero-order valence-corrected chi connectivity index (χ0v) is 11.4. The van der Waals surface area contributed by atoms with E-state index in [1.54, 1.807) is 12.5 Å². The molecule has 0 fully saturated rings. The molecule has 0 radical (unpaired) electrons. The lowest BCUT2D eigenvalue weighted by Crippen LogP contribution is -1.96. The van der Waals surface area contributed by atoms with Gasteiger partial charge in [0.2, 0.25) is 0 Å². The molecule has 0 bridgehead atoms. The van der Waals surface area contributed by atoms with Crippen LogP contribution in [0.25, 0.3) is 11.2 Å². The molecule has 3 aromatic rings. The number of nitrogens with zero attached hydrogens (tertiary/aromatic N) is 4. The highest BCUT2D eigenvalue weighted by atomic mass is 16.5. The largest absolute Gasteiger partial charge is 0.494 e. The first-order valence-corrected chi connectivity index (χ1v) is 6.53. The molecule has 106 valence electrons. The van der Waals surface area contributed by atoms with Gasteiger partial charge >= 0.3 is 0 Å². The van der Waals surface area contributed by atoms with Gasteiger partial charge in [0, 0.05) is 0 Å². The minimum Gasteiger partial charge on any atom is -0.494 e. The molecule has 0 unspecified atom stereocenters. The minimum absolute atomic E-state index is 0.583. The van der Waals surface area contributed by atoms with Gasteiger partial charge in [-0.2, -0.15) is 5.10 Å². The van der Waals surface area contributed by atoms with E-state index in [1.165, 1.54) is 6.33 Å². The van der Waals surface area contributed by atoms with Crippen molar-refractivity contribution >= 4 is 23.2 Å². The number of hydrogen-bond acceptors (Lipinski definition) is 6. The fourth-order valence-corrected chi connectivity index (χ4v) is 1.83. The second-order valence-electron chi connectivity index (χ2n) is 4.20. The lowest BCUT2D eigenvalue weighted by Gasteiger charge is -2.02. The Hall–Kier alpha value is -2.96. The summed E-state index contributed by atoms with van der Waals surface area (Å²) in [6.45, 7) is 2.61. The fourth-order valence-electron chi connectivity index (χ4n) is 1.83. The Morgan fingerprint density at radius 2 is 2.10 bits per heavy atom. The number of H-pyrrole nitrogens is 1. The Morgan fingerprint density at radius 1 is 1.24 bits per heavy atom. The van der Waals surface area contributed by atoms with Gasteiger partial charge in [0.15, 0.2) is 11.5 Å². The molecule has 2 aromatic heterocycles. The molecule has 0 saturated carbocycles. The van der Waals surface area contributed by atoms with Crippen LogP contribution in [0.1, 0.15) is 12.5 Å². The summed E-state index contributed by atoms with van der Waals surface area (Å²) in [7, 11) is 0. The van der Waals surface area contributed by atoms with Gasteiger partial charge in [0.05, 0.1) is 19.1 Å². The molecule has 1 aromatic carbocycles. The number of hydrazone groups is 1. The first-order chi connectivity index (χ1) is 10.4. The van der Waals surface area contributed by atoms with Crippen molar-refractivity contribution in [3.05, 3.63) is 42.5 Å². The van der Waals surface area contributed by atoms with Gasteiger partial charge < -0.3 is 9.72 Å². The second kappa shape index (κ2) is 6.00. The van der Waals surface area contributed by atoms with Crippen molar-refractivity contribution in [3.8, 4) is 5.75 Å². The SMILES string of the molecule is CCOc1ccc(/C=N/Nc2ncnc3nc[nH]c23)cc1. The Morgan fingerprint density at radius 3 is 2.90 bits per heavy atom. The van der Waals surface area contributed by atoms with Gasteiger partial charge in [-0.3, -0.25) is 5.43 Å². The number of fused-ring (bicyclic) bond motifs is 1. The van der Waals surface area contributed by atoms with Gasteiger partial charge in [-0.05, 0) is 36.8 Å².